The fourth-order valence-electron chi connectivity index (χ4n) is 5.26. The molecule has 8 nitrogen and oxygen atoms in total. The molecule has 0 spiro atoms. The molecule has 0 atom stereocenters. The first-order valence-corrected chi connectivity index (χ1v) is 14.0. The van der Waals surface area contributed by atoms with Crippen molar-refractivity contribution < 1.29 is 19.5 Å². The molecule has 0 aromatic rings. The summed E-state index contributed by atoms with van der Waals surface area (Å²) in [7, 11) is 0. The topological polar surface area (TPSA) is 89.4 Å². The number of nitrogens with zero attached hydrogens (tertiary/aromatic N) is 7. The average molecular weight is 604 g/mol. The van der Waals surface area contributed by atoms with E-state index in [2.05, 4.69) is 111 Å². The van der Waals surface area contributed by atoms with E-state index >= 15 is 0 Å². The standard InChI is InChI=1S/C32H42N8.Zn/c1-29(2,3)21-16-20-15-18-13-14-19(33-18)17-22-38-39-28(40(22)32(10,11)12)37-27-35-25(26(36-27)31(7,8)9)23(24(21)34-20)30(4,5)6;/h13-17,38H,1-12H3;. The van der Waals surface area contributed by atoms with Gasteiger partial charge in [-0.25, -0.2) is 20.0 Å². The zero-order valence-electron chi connectivity index (χ0n) is 26.7. The van der Waals surface area contributed by atoms with Crippen molar-refractivity contribution >= 4 is 34.8 Å². The summed E-state index contributed by atoms with van der Waals surface area (Å²) in [6.07, 6.45) is 10.3. The van der Waals surface area contributed by atoms with Crippen LogP contribution in [-0.2, 0) is 19.5 Å². The van der Waals surface area contributed by atoms with Gasteiger partial charge in [0, 0.05) is 42.1 Å². The average Bonchev–Trinajstić information content (AvgIpc) is 3.53. The quantitative estimate of drug-likeness (QED) is 0.311. The van der Waals surface area contributed by atoms with Crippen LogP contribution >= 0.6 is 0 Å². The van der Waals surface area contributed by atoms with Crippen molar-refractivity contribution in [3.05, 3.63) is 58.7 Å². The third-order valence-corrected chi connectivity index (χ3v) is 7.02. The van der Waals surface area contributed by atoms with E-state index in [4.69, 9.17) is 25.0 Å². The summed E-state index contributed by atoms with van der Waals surface area (Å²) in [5.41, 5.74) is 9.73. The van der Waals surface area contributed by atoms with Crippen LogP contribution in [0, 0.1) is 16.2 Å². The molecule has 0 unspecified atom stereocenters. The molecule has 0 aliphatic carbocycles. The van der Waals surface area contributed by atoms with Gasteiger partial charge in [0.25, 0.3) is 11.9 Å². The molecule has 0 aromatic carbocycles. The minimum atomic E-state index is -0.301. The number of hydrazone groups is 1. The van der Waals surface area contributed by atoms with Crippen molar-refractivity contribution in [2.45, 2.75) is 88.6 Å². The molecule has 5 heterocycles. The summed E-state index contributed by atoms with van der Waals surface area (Å²) in [4.78, 5) is 27.3. The van der Waals surface area contributed by atoms with Crippen molar-refractivity contribution in [3.63, 3.8) is 0 Å². The molecule has 5 aliphatic heterocycles. The Balaban J connectivity index is 0.00000387. The van der Waals surface area contributed by atoms with E-state index < -0.39 is 0 Å². The third kappa shape index (κ3) is 5.97. The van der Waals surface area contributed by atoms with E-state index in [0.29, 0.717) is 11.9 Å². The fraction of sp³-hybridized carbons (Fsp3) is 0.500. The summed E-state index contributed by atoms with van der Waals surface area (Å²) < 4.78 is 0. The Morgan fingerprint density at radius 1 is 0.659 bits per heavy atom. The number of rotatable bonds is 0. The Labute approximate surface area is 257 Å². The van der Waals surface area contributed by atoms with Crippen molar-refractivity contribution in [1.82, 2.24) is 10.3 Å². The molecule has 1 N–H and O–H groups in total. The molecule has 8 bridgehead atoms. The summed E-state index contributed by atoms with van der Waals surface area (Å²) in [6.45, 7) is 26.3. The second-order valence-electron chi connectivity index (χ2n) is 14.9. The van der Waals surface area contributed by atoms with Crippen molar-refractivity contribution in [3.8, 4) is 0 Å². The Bertz CT molecular complexity index is 1520. The summed E-state index contributed by atoms with van der Waals surface area (Å²) in [5, 5.41) is 4.59. The second kappa shape index (κ2) is 10.0. The molecule has 0 saturated carbocycles. The van der Waals surface area contributed by atoms with E-state index in [0.717, 1.165) is 45.6 Å². The Hall–Kier alpha value is -3.06. The van der Waals surface area contributed by atoms with Gasteiger partial charge in [0.05, 0.1) is 34.2 Å². The summed E-state index contributed by atoms with van der Waals surface area (Å²) in [5.74, 6) is 1.72. The summed E-state index contributed by atoms with van der Waals surface area (Å²) in [6, 6.07) is 0. The van der Waals surface area contributed by atoms with Crippen LogP contribution in [0.4, 0.5) is 0 Å². The number of guanidine groups is 2. The Morgan fingerprint density at radius 3 is 1.93 bits per heavy atom. The maximum absolute atomic E-state index is 5.24. The van der Waals surface area contributed by atoms with Crippen LogP contribution < -0.4 is 5.43 Å². The molecule has 0 saturated heterocycles. The zero-order valence-corrected chi connectivity index (χ0v) is 29.7. The van der Waals surface area contributed by atoms with Gasteiger partial charge in [0.15, 0.2) is 0 Å². The van der Waals surface area contributed by atoms with Gasteiger partial charge >= 0.3 is 0 Å². The van der Waals surface area contributed by atoms with Gasteiger partial charge in [-0.3, -0.25) is 10.3 Å². The van der Waals surface area contributed by atoms with E-state index in [-0.39, 0.29) is 41.3 Å². The van der Waals surface area contributed by atoms with Crippen LogP contribution in [0.2, 0.25) is 0 Å². The molecular formula is C32H42N8Zn. The van der Waals surface area contributed by atoms with Crippen LogP contribution in [0.15, 0.2) is 88.8 Å². The summed E-state index contributed by atoms with van der Waals surface area (Å²) >= 11 is 0. The number of aliphatic imine (C=N–C) groups is 5. The van der Waals surface area contributed by atoms with E-state index in [1.54, 1.807) is 0 Å². The van der Waals surface area contributed by atoms with Gasteiger partial charge in [0.1, 0.15) is 5.82 Å². The maximum Gasteiger partial charge on any atom is 0.253 e. The van der Waals surface area contributed by atoms with Crippen molar-refractivity contribution in [2.24, 2.45) is 46.3 Å². The molecule has 5 aliphatic rings. The van der Waals surface area contributed by atoms with Crippen LogP contribution in [-0.4, -0.2) is 45.2 Å². The number of fused-ring (bicyclic) bond motifs is 5. The van der Waals surface area contributed by atoms with Crippen LogP contribution in [0.3, 0.4) is 0 Å². The Kier molecular flexibility index (Phi) is 7.57. The molecule has 0 amide bonds. The second-order valence-corrected chi connectivity index (χ2v) is 14.9. The number of hydrogen-bond donors (Lipinski definition) is 1. The van der Waals surface area contributed by atoms with Crippen molar-refractivity contribution in [2.75, 3.05) is 0 Å². The van der Waals surface area contributed by atoms with Gasteiger partial charge in [-0.15, -0.1) is 5.10 Å². The van der Waals surface area contributed by atoms with E-state index in [1.807, 2.05) is 18.2 Å². The smallest absolute Gasteiger partial charge is 0.253 e. The molecule has 0 fully saturated rings. The number of allylic oxidation sites excluding steroid dienone is 7. The SMILES string of the molecule is CC(C)(C)C1=CC2=NC1=C(C(C)(C)C)C1=NC(=NC3=NNC(=CC4=NC(=C2)C=C4)N3C(C)(C)C)N=C1C(C)(C)C.[Zn]. The molecule has 0 radical (unpaired) electrons. The first-order chi connectivity index (χ1) is 18.3. The number of nitrogens with one attached hydrogen (secondary N) is 1. The Morgan fingerprint density at radius 2 is 1.34 bits per heavy atom. The fourth-order valence-corrected chi connectivity index (χ4v) is 5.26. The zero-order chi connectivity index (χ0) is 29.4. The molecule has 9 heteroatoms. The maximum atomic E-state index is 5.24. The molecule has 212 valence electrons. The minimum absolute atomic E-state index is 0. The third-order valence-electron chi connectivity index (χ3n) is 7.02. The molecule has 5 rings (SSSR count). The van der Waals surface area contributed by atoms with Gasteiger partial charge < -0.3 is 0 Å². The molecule has 0 aromatic heterocycles. The van der Waals surface area contributed by atoms with Gasteiger partial charge in [-0.05, 0) is 61.5 Å². The predicted octanol–water partition coefficient (Wildman–Crippen LogP) is 6.73. The monoisotopic (exact) mass is 602 g/mol. The van der Waals surface area contributed by atoms with E-state index in [1.165, 1.54) is 5.57 Å². The van der Waals surface area contributed by atoms with Crippen LogP contribution in [0.1, 0.15) is 83.1 Å². The van der Waals surface area contributed by atoms with Crippen LogP contribution in [0.5, 0.6) is 0 Å². The molecular weight excluding hydrogens is 562 g/mol. The minimum Gasteiger partial charge on any atom is -0.289 e. The van der Waals surface area contributed by atoms with E-state index in [9.17, 15) is 0 Å². The molecule has 41 heavy (non-hydrogen) atoms. The normalized spacial score (nSPS) is 20.8. The van der Waals surface area contributed by atoms with Gasteiger partial charge in [-0.2, -0.15) is 4.99 Å². The first-order valence-electron chi connectivity index (χ1n) is 14.0. The van der Waals surface area contributed by atoms with Gasteiger partial charge in [0.2, 0.25) is 0 Å². The predicted molar refractivity (Wildman–Crippen MR) is 168 cm³/mol. The van der Waals surface area contributed by atoms with Crippen LogP contribution in [0.25, 0.3) is 0 Å². The van der Waals surface area contributed by atoms with Gasteiger partial charge in [-0.1, -0.05) is 62.3 Å². The van der Waals surface area contributed by atoms with Crippen molar-refractivity contribution in [1.29, 1.82) is 0 Å². The largest absolute Gasteiger partial charge is 0.289 e. The number of hydrogen-bond acceptors (Lipinski definition) is 8. The first kappa shape index (κ1) is 30.9.